The van der Waals surface area contributed by atoms with E-state index in [1.54, 1.807) is 0 Å². The summed E-state index contributed by atoms with van der Waals surface area (Å²) in [4.78, 5) is 21.9. The number of nitrogens with one attached hydrogen (secondary N) is 1. The number of hydrogen-bond acceptors (Lipinski definition) is 3. The van der Waals surface area contributed by atoms with E-state index in [4.69, 9.17) is 10.8 Å². The molecule has 1 amide bonds. The first kappa shape index (κ1) is 14.1. The Hall–Kier alpha value is -1.95. The fraction of sp³-hybridized carbons (Fsp3) is 0.333. The van der Waals surface area contributed by atoms with Crippen LogP contribution in [-0.4, -0.2) is 23.0 Å². The van der Waals surface area contributed by atoms with Crippen molar-refractivity contribution < 1.29 is 19.1 Å². The number of hydrogen-bond donors (Lipinski definition) is 3. The third-order valence-corrected chi connectivity index (χ3v) is 2.38. The summed E-state index contributed by atoms with van der Waals surface area (Å²) >= 11 is 0. The number of aliphatic carboxylic acids is 1. The molecule has 5 nitrogen and oxygen atoms in total. The van der Waals surface area contributed by atoms with E-state index in [0.29, 0.717) is 11.1 Å². The number of benzene rings is 1. The molecule has 0 aliphatic carbocycles. The lowest BCUT2D eigenvalue weighted by molar-refractivity contribution is -0.136. The summed E-state index contributed by atoms with van der Waals surface area (Å²) in [6.45, 7) is 1.58. The van der Waals surface area contributed by atoms with E-state index in [-0.39, 0.29) is 18.9 Å². The molecule has 98 valence electrons. The Labute approximate surface area is 104 Å². The van der Waals surface area contributed by atoms with Crippen LogP contribution in [0.5, 0.6) is 0 Å². The Morgan fingerprint density at radius 2 is 2.11 bits per heavy atom. The second-order valence-corrected chi connectivity index (χ2v) is 3.99. The molecule has 4 N–H and O–H groups in total. The molecule has 0 unspecified atom stereocenters. The second-order valence-electron chi connectivity index (χ2n) is 3.99. The smallest absolute Gasteiger partial charge is 0.307 e. The largest absolute Gasteiger partial charge is 0.481 e. The average Bonchev–Trinajstić information content (AvgIpc) is 2.28. The molecule has 6 heteroatoms. The highest BCUT2D eigenvalue weighted by molar-refractivity contribution is 5.81. The standard InChI is InChI=1S/C12H15FN2O3/c1-7(14)12(18)15-6-9-4-10(13)3-2-8(9)5-11(16)17/h2-4,7H,5-6,14H2,1H3,(H,15,18)(H,16,17)/t7-/m0/s1. The van der Waals surface area contributed by atoms with Gasteiger partial charge < -0.3 is 16.2 Å². The van der Waals surface area contributed by atoms with Gasteiger partial charge in [0.1, 0.15) is 5.82 Å². The quantitative estimate of drug-likeness (QED) is 0.710. The Kier molecular flexibility index (Phi) is 4.79. The van der Waals surface area contributed by atoms with Crippen molar-refractivity contribution in [2.75, 3.05) is 0 Å². The van der Waals surface area contributed by atoms with Gasteiger partial charge in [0.25, 0.3) is 0 Å². The Morgan fingerprint density at radius 3 is 2.67 bits per heavy atom. The zero-order valence-corrected chi connectivity index (χ0v) is 9.94. The van der Waals surface area contributed by atoms with Gasteiger partial charge in [-0.25, -0.2) is 4.39 Å². The number of carboxylic acid groups (broad SMARTS) is 1. The molecule has 1 atom stereocenters. The molecule has 0 heterocycles. The van der Waals surface area contributed by atoms with Crippen molar-refractivity contribution in [3.63, 3.8) is 0 Å². The second kappa shape index (κ2) is 6.11. The molecule has 0 spiro atoms. The lowest BCUT2D eigenvalue weighted by Crippen LogP contribution is -2.38. The van der Waals surface area contributed by atoms with Crippen LogP contribution in [0.1, 0.15) is 18.1 Å². The van der Waals surface area contributed by atoms with Gasteiger partial charge in [-0.2, -0.15) is 0 Å². The normalized spacial score (nSPS) is 11.9. The highest BCUT2D eigenvalue weighted by atomic mass is 19.1. The van der Waals surface area contributed by atoms with Gasteiger partial charge in [-0.3, -0.25) is 9.59 Å². The maximum Gasteiger partial charge on any atom is 0.307 e. The van der Waals surface area contributed by atoms with Crippen LogP contribution >= 0.6 is 0 Å². The van der Waals surface area contributed by atoms with Gasteiger partial charge in [0, 0.05) is 6.54 Å². The Bertz CT molecular complexity index is 461. The van der Waals surface area contributed by atoms with E-state index < -0.39 is 17.8 Å². The summed E-state index contributed by atoms with van der Waals surface area (Å²) in [7, 11) is 0. The number of carbonyl (C=O) groups excluding carboxylic acids is 1. The van der Waals surface area contributed by atoms with Gasteiger partial charge in [-0.1, -0.05) is 6.07 Å². The fourth-order valence-corrected chi connectivity index (χ4v) is 1.44. The molecule has 18 heavy (non-hydrogen) atoms. The summed E-state index contributed by atoms with van der Waals surface area (Å²) in [6.07, 6.45) is -0.219. The van der Waals surface area contributed by atoms with Crippen LogP contribution in [0, 0.1) is 5.82 Å². The summed E-state index contributed by atoms with van der Waals surface area (Å²) in [5.41, 5.74) is 6.27. The molecule has 0 radical (unpaired) electrons. The van der Waals surface area contributed by atoms with Crippen molar-refractivity contribution in [1.82, 2.24) is 5.32 Å². The summed E-state index contributed by atoms with van der Waals surface area (Å²) in [5.74, 6) is -1.86. The zero-order valence-electron chi connectivity index (χ0n) is 9.94. The van der Waals surface area contributed by atoms with E-state index in [2.05, 4.69) is 5.32 Å². The molecule has 0 aromatic heterocycles. The van der Waals surface area contributed by atoms with E-state index in [1.165, 1.54) is 25.1 Å². The SMILES string of the molecule is C[C@H](N)C(=O)NCc1cc(F)ccc1CC(=O)O. The topological polar surface area (TPSA) is 92.4 Å². The third-order valence-electron chi connectivity index (χ3n) is 2.38. The maximum atomic E-state index is 13.1. The van der Waals surface area contributed by atoms with E-state index in [1.807, 2.05) is 0 Å². The Balaban J connectivity index is 2.82. The van der Waals surface area contributed by atoms with Crippen LogP contribution in [0.25, 0.3) is 0 Å². The van der Waals surface area contributed by atoms with Gasteiger partial charge in [-0.15, -0.1) is 0 Å². The first-order chi connectivity index (χ1) is 8.40. The minimum atomic E-state index is -1.01. The molecular formula is C12H15FN2O3. The number of nitrogens with two attached hydrogens (primary N) is 1. The van der Waals surface area contributed by atoms with Crippen molar-refractivity contribution in [2.24, 2.45) is 5.73 Å². The highest BCUT2D eigenvalue weighted by Crippen LogP contribution is 2.12. The molecule has 0 aliphatic heterocycles. The molecule has 0 fully saturated rings. The van der Waals surface area contributed by atoms with Gasteiger partial charge in [-0.05, 0) is 30.2 Å². The number of rotatable bonds is 5. The van der Waals surface area contributed by atoms with E-state index in [9.17, 15) is 14.0 Å². The van der Waals surface area contributed by atoms with Crippen LogP contribution in [0.2, 0.25) is 0 Å². The van der Waals surface area contributed by atoms with E-state index >= 15 is 0 Å². The molecule has 0 aliphatic rings. The summed E-state index contributed by atoms with van der Waals surface area (Å²) in [5, 5.41) is 11.2. The summed E-state index contributed by atoms with van der Waals surface area (Å²) < 4.78 is 13.1. The molecule has 1 aromatic carbocycles. The highest BCUT2D eigenvalue weighted by Gasteiger charge is 2.11. The molecule has 0 bridgehead atoms. The summed E-state index contributed by atoms with van der Waals surface area (Å²) in [6, 6.07) is 3.13. The lowest BCUT2D eigenvalue weighted by atomic mass is 10.0. The number of halogens is 1. The van der Waals surface area contributed by atoms with Gasteiger partial charge >= 0.3 is 5.97 Å². The number of carboxylic acids is 1. The number of amides is 1. The predicted molar refractivity (Wildman–Crippen MR) is 63.2 cm³/mol. The first-order valence-electron chi connectivity index (χ1n) is 5.42. The minimum absolute atomic E-state index is 0.0563. The van der Waals surface area contributed by atoms with Crippen LogP contribution in [0.4, 0.5) is 4.39 Å². The van der Waals surface area contributed by atoms with E-state index in [0.717, 1.165) is 0 Å². The van der Waals surface area contributed by atoms with Gasteiger partial charge in [0.05, 0.1) is 12.5 Å². The monoisotopic (exact) mass is 254 g/mol. The van der Waals surface area contributed by atoms with Crippen LogP contribution in [0.15, 0.2) is 18.2 Å². The van der Waals surface area contributed by atoms with Gasteiger partial charge in [0.2, 0.25) is 5.91 Å². The lowest BCUT2D eigenvalue weighted by Gasteiger charge is -2.11. The van der Waals surface area contributed by atoms with Crippen LogP contribution in [-0.2, 0) is 22.6 Å². The maximum absolute atomic E-state index is 13.1. The Morgan fingerprint density at radius 1 is 1.44 bits per heavy atom. The van der Waals surface area contributed by atoms with Gasteiger partial charge in [0.15, 0.2) is 0 Å². The molecule has 1 aromatic rings. The molecule has 0 saturated heterocycles. The number of carbonyl (C=O) groups is 2. The van der Waals surface area contributed by atoms with Crippen molar-refractivity contribution in [3.8, 4) is 0 Å². The van der Waals surface area contributed by atoms with Crippen LogP contribution in [0.3, 0.4) is 0 Å². The van der Waals surface area contributed by atoms with Crippen molar-refractivity contribution >= 4 is 11.9 Å². The minimum Gasteiger partial charge on any atom is -0.481 e. The molecular weight excluding hydrogens is 239 g/mol. The molecule has 1 rings (SSSR count). The zero-order chi connectivity index (χ0) is 13.7. The van der Waals surface area contributed by atoms with Crippen molar-refractivity contribution in [3.05, 3.63) is 35.1 Å². The average molecular weight is 254 g/mol. The van der Waals surface area contributed by atoms with Crippen molar-refractivity contribution in [2.45, 2.75) is 25.9 Å². The fourth-order valence-electron chi connectivity index (χ4n) is 1.44. The van der Waals surface area contributed by atoms with Crippen LogP contribution < -0.4 is 11.1 Å². The predicted octanol–water partition coefficient (Wildman–Crippen LogP) is 0.416. The first-order valence-corrected chi connectivity index (χ1v) is 5.42. The van der Waals surface area contributed by atoms with Crippen molar-refractivity contribution in [1.29, 1.82) is 0 Å². The third kappa shape index (κ3) is 4.14. The molecule has 0 saturated carbocycles.